The van der Waals surface area contributed by atoms with Gasteiger partial charge in [-0.05, 0) is 73.3 Å². The van der Waals surface area contributed by atoms with Gasteiger partial charge in [0.15, 0.2) is 5.58 Å². The Morgan fingerprint density at radius 3 is 2.00 bits per heavy atom. The molecule has 0 unspecified atom stereocenters. The molecule has 0 bridgehead atoms. The molecule has 2 nitrogen and oxygen atoms in total. The van der Waals surface area contributed by atoms with Gasteiger partial charge < -0.3 is 9.73 Å². The van der Waals surface area contributed by atoms with Crippen molar-refractivity contribution in [3.05, 3.63) is 158 Å². The van der Waals surface area contributed by atoms with Crippen molar-refractivity contribution in [3.63, 3.8) is 0 Å². The topological polar surface area (TPSA) is 25.2 Å². The zero-order valence-electron chi connectivity index (χ0n) is 23.9. The lowest BCUT2D eigenvalue weighted by atomic mass is 9.96. The molecule has 0 fully saturated rings. The van der Waals surface area contributed by atoms with Crippen LogP contribution < -0.4 is 5.32 Å². The number of fused-ring (bicyclic) bond motifs is 7. The number of furan rings is 1. The number of para-hydroxylation sites is 1. The van der Waals surface area contributed by atoms with Gasteiger partial charge in [0.2, 0.25) is 0 Å². The number of benzene rings is 8. The third-order valence-corrected chi connectivity index (χ3v) is 8.79. The molecule has 206 valence electrons. The van der Waals surface area contributed by atoms with Crippen molar-refractivity contribution in [3.8, 4) is 22.3 Å². The Balaban J connectivity index is 1.20. The summed E-state index contributed by atoms with van der Waals surface area (Å²) in [6.07, 6.45) is 0. The Labute approximate surface area is 254 Å². The molecule has 0 amide bonds. The second-order valence-electron chi connectivity index (χ2n) is 11.4. The highest BCUT2D eigenvalue weighted by Crippen LogP contribution is 2.43. The Morgan fingerprint density at radius 1 is 0.386 bits per heavy atom. The second-order valence-corrected chi connectivity index (χ2v) is 11.4. The summed E-state index contributed by atoms with van der Waals surface area (Å²) < 4.78 is 6.79. The lowest BCUT2D eigenvalue weighted by molar-refractivity contribution is 0.671. The van der Waals surface area contributed by atoms with Gasteiger partial charge in [0, 0.05) is 22.0 Å². The summed E-state index contributed by atoms with van der Waals surface area (Å²) in [5.41, 5.74) is 8.46. The van der Waals surface area contributed by atoms with Crippen LogP contribution in [0.3, 0.4) is 0 Å². The van der Waals surface area contributed by atoms with Crippen molar-refractivity contribution in [2.45, 2.75) is 0 Å². The molecule has 0 spiro atoms. The van der Waals surface area contributed by atoms with E-state index in [2.05, 4.69) is 157 Å². The summed E-state index contributed by atoms with van der Waals surface area (Å²) in [7, 11) is 0. The minimum atomic E-state index is 0.867. The van der Waals surface area contributed by atoms with Gasteiger partial charge in [-0.15, -0.1) is 0 Å². The first-order chi connectivity index (χ1) is 21.8. The predicted molar refractivity (Wildman–Crippen MR) is 187 cm³/mol. The quantitative estimate of drug-likeness (QED) is 0.231. The van der Waals surface area contributed by atoms with Crippen molar-refractivity contribution in [2.75, 3.05) is 5.32 Å². The molecule has 1 heterocycles. The van der Waals surface area contributed by atoms with Crippen molar-refractivity contribution < 1.29 is 4.42 Å². The maximum Gasteiger partial charge on any atom is 0.159 e. The Bertz CT molecular complexity index is 2520. The maximum absolute atomic E-state index is 6.79. The van der Waals surface area contributed by atoms with Crippen LogP contribution in [-0.2, 0) is 0 Å². The largest absolute Gasteiger partial charge is 0.453 e. The molecular weight excluding hydrogens is 534 g/mol. The van der Waals surface area contributed by atoms with Gasteiger partial charge >= 0.3 is 0 Å². The van der Waals surface area contributed by atoms with Crippen LogP contribution in [0.4, 0.5) is 11.4 Å². The van der Waals surface area contributed by atoms with Crippen LogP contribution in [0.15, 0.2) is 162 Å². The van der Waals surface area contributed by atoms with Crippen LogP contribution in [0.5, 0.6) is 0 Å². The van der Waals surface area contributed by atoms with Crippen molar-refractivity contribution in [2.24, 2.45) is 0 Å². The molecule has 0 aliphatic carbocycles. The van der Waals surface area contributed by atoms with Crippen LogP contribution in [-0.4, -0.2) is 0 Å². The number of hydrogen-bond donors (Lipinski definition) is 1. The third-order valence-electron chi connectivity index (χ3n) is 8.79. The highest BCUT2D eigenvalue weighted by molar-refractivity contribution is 6.24. The summed E-state index contributed by atoms with van der Waals surface area (Å²) in [6.45, 7) is 0. The monoisotopic (exact) mass is 561 g/mol. The van der Waals surface area contributed by atoms with Crippen molar-refractivity contribution in [1.29, 1.82) is 0 Å². The Morgan fingerprint density at radius 2 is 1.09 bits per heavy atom. The van der Waals surface area contributed by atoms with Crippen LogP contribution in [0.25, 0.3) is 76.5 Å². The van der Waals surface area contributed by atoms with Crippen LogP contribution in [0.2, 0.25) is 0 Å². The predicted octanol–water partition coefficient (Wildman–Crippen LogP) is 12.1. The fraction of sp³-hybridized carbons (Fsp3) is 0. The third kappa shape index (κ3) is 3.96. The standard InChI is InChI=1S/C42H27NO/c1-2-10-29(11-3-1)37-18-9-19-38-40-36-16-7-5-13-30(36)26-39(42(40)44-41(37)38)43-33-23-22-27-20-21-31(24-32(27)25-33)35-17-8-14-28-12-4-6-15-34(28)35/h1-26,43H. The first kappa shape index (κ1) is 24.7. The Kier molecular flexibility index (Phi) is 5.54. The van der Waals surface area contributed by atoms with Gasteiger partial charge in [-0.2, -0.15) is 0 Å². The van der Waals surface area contributed by atoms with Crippen molar-refractivity contribution in [1.82, 2.24) is 0 Å². The highest BCUT2D eigenvalue weighted by atomic mass is 16.3. The molecule has 1 N–H and O–H groups in total. The van der Waals surface area contributed by atoms with Crippen molar-refractivity contribution >= 4 is 65.6 Å². The van der Waals surface area contributed by atoms with E-state index in [4.69, 9.17) is 4.42 Å². The van der Waals surface area contributed by atoms with E-state index in [1.54, 1.807) is 0 Å². The Hall–Kier alpha value is -5.86. The lowest BCUT2D eigenvalue weighted by Gasteiger charge is -2.12. The molecule has 0 atom stereocenters. The van der Waals surface area contributed by atoms with E-state index >= 15 is 0 Å². The number of rotatable bonds is 4. The van der Waals surface area contributed by atoms with Gasteiger partial charge in [-0.25, -0.2) is 0 Å². The number of anilines is 2. The van der Waals surface area contributed by atoms with Crippen LogP contribution in [0, 0.1) is 0 Å². The van der Waals surface area contributed by atoms with Crippen LogP contribution in [0.1, 0.15) is 0 Å². The molecule has 0 radical (unpaired) electrons. The summed E-state index contributed by atoms with van der Waals surface area (Å²) in [5.74, 6) is 0. The van der Waals surface area contributed by atoms with E-state index in [0.717, 1.165) is 44.4 Å². The first-order valence-electron chi connectivity index (χ1n) is 15.0. The zero-order chi connectivity index (χ0) is 29.0. The van der Waals surface area contributed by atoms with Gasteiger partial charge in [0.25, 0.3) is 0 Å². The molecule has 0 aliphatic heterocycles. The summed E-state index contributed by atoms with van der Waals surface area (Å²) in [6, 6.07) is 56.1. The minimum absolute atomic E-state index is 0.867. The van der Waals surface area contributed by atoms with Gasteiger partial charge in [0.1, 0.15) is 5.58 Å². The number of hydrogen-bond acceptors (Lipinski definition) is 2. The highest BCUT2D eigenvalue weighted by Gasteiger charge is 2.18. The summed E-state index contributed by atoms with van der Waals surface area (Å²) >= 11 is 0. The molecule has 0 aliphatic rings. The van der Waals surface area contributed by atoms with E-state index in [9.17, 15) is 0 Å². The van der Waals surface area contributed by atoms with E-state index in [-0.39, 0.29) is 0 Å². The molecule has 9 aromatic rings. The van der Waals surface area contributed by atoms with E-state index in [1.165, 1.54) is 43.4 Å². The SMILES string of the molecule is c1ccc(-c2cccc3c2oc2c(Nc4ccc5ccc(-c6cccc7ccccc67)cc5c4)cc4ccccc4c23)cc1. The summed E-state index contributed by atoms with van der Waals surface area (Å²) in [5, 5.41) is 13.3. The molecule has 9 rings (SSSR count). The van der Waals surface area contributed by atoms with E-state index in [1.807, 2.05) is 6.07 Å². The molecule has 1 aromatic heterocycles. The maximum atomic E-state index is 6.79. The molecular formula is C42H27NO. The van der Waals surface area contributed by atoms with Gasteiger partial charge in [0.05, 0.1) is 5.69 Å². The zero-order valence-corrected chi connectivity index (χ0v) is 23.9. The van der Waals surface area contributed by atoms with Gasteiger partial charge in [-0.3, -0.25) is 0 Å². The van der Waals surface area contributed by atoms with E-state index in [0.29, 0.717) is 0 Å². The summed E-state index contributed by atoms with van der Waals surface area (Å²) in [4.78, 5) is 0. The molecule has 8 aromatic carbocycles. The average Bonchev–Trinajstić information content (AvgIpc) is 3.49. The minimum Gasteiger partial charge on any atom is -0.453 e. The smallest absolute Gasteiger partial charge is 0.159 e. The van der Waals surface area contributed by atoms with Gasteiger partial charge in [-0.1, -0.05) is 133 Å². The number of nitrogens with one attached hydrogen (secondary N) is 1. The van der Waals surface area contributed by atoms with E-state index < -0.39 is 0 Å². The normalized spacial score (nSPS) is 11.6. The average molecular weight is 562 g/mol. The molecule has 0 saturated heterocycles. The molecule has 0 saturated carbocycles. The lowest BCUT2D eigenvalue weighted by Crippen LogP contribution is -1.92. The second kappa shape index (κ2) is 9.86. The molecule has 44 heavy (non-hydrogen) atoms. The molecule has 2 heteroatoms. The van der Waals surface area contributed by atoms with Crippen LogP contribution >= 0.6 is 0 Å². The first-order valence-corrected chi connectivity index (χ1v) is 15.0. The fourth-order valence-corrected chi connectivity index (χ4v) is 6.71. The fourth-order valence-electron chi connectivity index (χ4n) is 6.71.